The molecule has 2 heteroatoms. The number of hydrogen-bond donors (Lipinski definition) is 2. The van der Waals surface area contributed by atoms with Crippen molar-refractivity contribution in [3.05, 3.63) is 0 Å². The van der Waals surface area contributed by atoms with Gasteiger partial charge in [0.15, 0.2) is 0 Å². The van der Waals surface area contributed by atoms with E-state index in [2.05, 4.69) is 0 Å². The first-order chi connectivity index (χ1) is 4.91. The van der Waals surface area contributed by atoms with Gasteiger partial charge in [-0.3, -0.25) is 0 Å². The van der Waals surface area contributed by atoms with Crippen LogP contribution >= 0.6 is 0 Å². The summed E-state index contributed by atoms with van der Waals surface area (Å²) in [5.41, 5.74) is 4.98. The largest absolute Gasteiger partial charge is 0.396 e. The first-order valence-electron chi connectivity index (χ1n) is 4.22. The lowest BCUT2D eigenvalue weighted by Gasteiger charge is -1.80. The lowest BCUT2D eigenvalue weighted by Crippen LogP contribution is -1.99. The van der Waals surface area contributed by atoms with Crippen LogP contribution in [0.5, 0.6) is 0 Å². The van der Waals surface area contributed by atoms with Crippen molar-refractivity contribution in [2.24, 2.45) is 5.73 Å². The van der Waals surface area contributed by atoms with Crippen molar-refractivity contribution >= 4 is 0 Å². The highest BCUT2D eigenvalue weighted by molar-refractivity contribution is 4.51. The molecule has 1 aliphatic rings. The molecule has 0 amide bonds. The molecule has 10 heavy (non-hydrogen) atoms. The molecule has 0 aromatic heterocycles. The first-order valence-corrected chi connectivity index (χ1v) is 4.22. The first kappa shape index (κ1) is 9.92. The van der Waals surface area contributed by atoms with E-state index in [0.717, 1.165) is 6.42 Å². The van der Waals surface area contributed by atoms with Gasteiger partial charge >= 0.3 is 0 Å². The van der Waals surface area contributed by atoms with Gasteiger partial charge in [-0.1, -0.05) is 32.1 Å². The van der Waals surface area contributed by atoms with Crippen LogP contribution in [-0.2, 0) is 0 Å². The molecule has 1 rings (SSSR count). The fourth-order valence-corrected chi connectivity index (χ4v) is 0.975. The molecule has 0 radical (unpaired) electrons. The van der Waals surface area contributed by atoms with E-state index in [1.807, 2.05) is 0 Å². The van der Waals surface area contributed by atoms with Crippen LogP contribution in [0.3, 0.4) is 0 Å². The van der Waals surface area contributed by atoms with Gasteiger partial charge in [0.25, 0.3) is 0 Å². The third kappa shape index (κ3) is 7.92. The average molecular weight is 145 g/mol. The Hall–Kier alpha value is -0.0800. The number of nitrogens with two attached hydrogens (primary N) is 1. The van der Waals surface area contributed by atoms with Crippen molar-refractivity contribution in [2.75, 3.05) is 13.2 Å². The highest BCUT2D eigenvalue weighted by Gasteiger charge is 1.95. The summed E-state index contributed by atoms with van der Waals surface area (Å²) in [6.07, 6.45) is 8.22. The molecule has 0 heterocycles. The van der Waals surface area contributed by atoms with Crippen molar-refractivity contribution in [2.45, 2.75) is 38.5 Å². The van der Waals surface area contributed by atoms with Crippen LogP contribution < -0.4 is 5.73 Å². The Labute approximate surface area is 63.4 Å². The number of rotatable bonds is 2. The Bertz CT molecular complexity index is 43.6. The van der Waals surface area contributed by atoms with Crippen molar-refractivity contribution in [1.29, 1.82) is 0 Å². The molecule has 0 unspecified atom stereocenters. The lowest BCUT2D eigenvalue weighted by molar-refractivity contribution is 0.291. The maximum absolute atomic E-state index is 7.99. The van der Waals surface area contributed by atoms with E-state index in [1.54, 1.807) is 0 Å². The molecule has 62 valence electrons. The van der Waals surface area contributed by atoms with Gasteiger partial charge in [0, 0.05) is 6.61 Å². The summed E-state index contributed by atoms with van der Waals surface area (Å²) in [7, 11) is 0. The molecule has 2 nitrogen and oxygen atoms in total. The van der Waals surface area contributed by atoms with E-state index in [4.69, 9.17) is 10.8 Å². The highest BCUT2D eigenvalue weighted by atomic mass is 16.2. The SMILES string of the molecule is C1CCCC1.NCCCO. The Morgan fingerprint density at radius 2 is 1.40 bits per heavy atom. The minimum absolute atomic E-state index is 0.219. The van der Waals surface area contributed by atoms with Gasteiger partial charge in [0.2, 0.25) is 0 Å². The summed E-state index contributed by atoms with van der Waals surface area (Å²) >= 11 is 0. The zero-order valence-electron chi connectivity index (χ0n) is 6.68. The van der Waals surface area contributed by atoms with E-state index in [-0.39, 0.29) is 6.61 Å². The quantitative estimate of drug-likeness (QED) is 0.615. The van der Waals surface area contributed by atoms with Crippen LogP contribution in [-0.4, -0.2) is 18.3 Å². The minimum atomic E-state index is 0.219. The maximum Gasteiger partial charge on any atom is 0.0443 e. The van der Waals surface area contributed by atoms with E-state index in [1.165, 1.54) is 32.1 Å². The van der Waals surface area contributed by atoms with Crippen molar-refractivity contribution < 1.29 is 5.11 Å². The third-order valence-electron chi connectivity index (χ3n) is 1.61. The molecular weight excluding hydrogens is 126 g/mol. The van der Waals surface area contributed by atoms with Gasteiger partial charge in [-0.2, -0.15) is 0 Å². The molecular formula is C8H19NO. The molecule has 0 bridgehead atoms. The van der Waals surface area contributed by atoms with Crippen LogP contribution in [0.15, 0.2) is 0 Å². The number of aliphatic hydroxyl groups is 1. The summed E-state index contributed by atoms with van der Waals surface area (Å²) in [6, 6.07) is 0. The molecule has 1 fully saturated rings. The Morgan fingerprint density at radius 3 is 1.50 bits per heavy atom. The minimum Gasteiger partial charge on any atom is -0.396 e. The van der Waals surface area contributed by atoms with Gasteiger partial charge in [-0.05, 0) is 13.0 Å². The van der Waals surface area contributed by atoms with Crippen LogP contribution in [0.25, 0.3) is 0 Å². The van der Waals surface area contributed by atoms with Gasteiger partial charge < -0.3 is 10.8 Å². The highest BCUT2D eigenvalue weighted by Crippen LogP contribution is 2.15. The molecule has 0 aromatic rings. The molecule has 3 N–H and O–H groups in total. The normalized spacial score (nSPS) is 16.2. The smallest absolute Gasteiger partial charge is 0.0443 e. The zero-order valence-corrected chi connectivity index (χ0v) is 6.68. The molecule has 0 saturated heterocycles. The number of aliphatic hydroxyl groups excluding tert-OH is 1. The Balaban J connectivity index is 0.000000162. The summed E-state index contributed by atoms with van der Waals surface area (Å²) in [4.78, 5) is 0. The van der Waals surface area contributed by atoms with E-state index in [0.29, 0.717) is 6.54 Å². The van der Waals surface area contributed by atoms with Crippen molar-refractivity contribution in [3.8, 4) is 0 Å². The predicted molar refractivity (Wildman–Crippen MR) is 43.8 cm³/mol. The fraction of sp³-hybridized carbons (Fsp3) is 1.00. The van der Waals surface area contributed by atoms with Gasteiger partial charge in [0.05, 0.1) is 0 Å². The monoisotopic (exact) mass is 145 g/mol. The summed E-state index contributed by atoms with van der Waals surface area (Å²) in [5, 5.41) is 7.99. The molecule has 0 aromatic carbocycles. The second kappa shape index (κ2) is 8.92. The van der Waals surface area contributed by atoms with Gasteiger partial charge in [-0.15, -0.1) is 0 Å². The second-order valence-electron chi connectivity index (χ2n) is 2.63. The summed E-state index contributed by atoms with van der Waals surface area (Å²) < 4.78 is 0. The maximum atomic E-state index is 7.99. The predicted octanol–water partition coefficient (Wildman–Crippen LogP) is 1.28. The van der Waals surface area contributed by atoms with Crippen LogP contribution in [0.1, 0.15) is 38.5 Å². The lowest BCUT2D eigenvalue weighted by atomic mass is 10.4. The molecule has 0 atom stereocenters. The van der Waals surface area contributed by atoms with Crippen LogP contribution in [0.4, 0.5) is 0 Å². The Kier molecular flexibility index (Phi) is 8.85. The molecule has 0 aliphatic heterocycles. The summed E-state index contributed by atoms with van der Waals surface area (Å²) in [6.45, 7) is 0.812. The summed E-state index contributed by atoms with van der Waals surface area (Å²) in [5.74, 6) is 0. The Morgan fingerprint density at radius 1 is 1.00 bits per heavy atom. The van der Waals surface area contributed by atoms with Crippen LogP contribution in [0.2, 0.25) is 0 Å². The molecule has 1 saturated carbocycles. The third-order valence-corrected chi connectivity index (χ3v) is 1.61. The van der Waals surface area contributed by atoms with Crippen molar-refractivity contribution in [1.82, 2.24) is 0 Å². The molecule has 0 spiro atoms. The average Bonchev–Trinajstić information content (AvgIpc) is 2.44. The van der Waals surface area contributed by atoms with E-state index < -0.39 is 0 Å². The standard InChI is InChI=1S/C5H10.C3H9NO/c1-2-4-5-3-1;4-2-1-3-5/h1-5H2;5H,1-4H2. The fourth-order valence-electron chi connectivity index (χ4n) is 0.975. The molecule has 1 aliphatic carbocycles. The van der Waals surface area contributed by atoms with E-state index >= 15 is 0 Å². The second-order valence-corrected chi connectivity index (χ2v) is 2.63. The van der Waals surface area contributed by atoms with Crippen molar-refractivity contribution in [3.63, 3.8) is 0 Å². The van der Waals surface area contributed by atoms with Crippen LogP contribution in [0, 0.1) is 0 Å². The number of hydrogen-bond acceptors (Lipinski definition) is 2. The van der Waals surface area contributed by atoms with Gasteiger partial charge in [-0.25, -0.2) is 0 Å². The zero-order chi connectivity index (χ0) is 7.66. The topological polar surface area (TPSA) is 46.2 Å². The van der Waals surface area contributed by atoms with E-state index in [9.17, 15) is 0 Å². The van der Waals surface area contributed by atoms with Gasteiger partial charge in [0.1, 0.15) is 0 Å².